The van der Waals surface area contributed by atoms with Crippen molar-refractivity contribution in [1.29, 1.82) is 5.26 Å². The summed E-state index contributed by atoms with van der Waals surface area (Å²) in [7, 11) is 3.89. The fraction of sp³-hybridized carbons (Fsp3) is 0.231. The Hall–Kier alpha value is -2.48. The van der Waals surface area contributed by atoms with Crippen LogP contribution in [-0.2, 0) is 6.54 Å². The molecule has 2 rings (SSSR count). The summed E-state index contributed by atoms with van der Waals surface area (Å²) in [6, 6.07) is 9.29. The van der Waals surface area contributed by atoms with Gasteiger partial charge in [0, 0.05) is 14.1 Å². The second-order valence-electron chi connectivity index (χ2n) is 4.03. The van der Waals surface area contributed by atoms with Crippen LogP contribution in [-0.4, -0.2) is 19.1 Å². The van der Waals surface area contributed by atoms with Gasteiger partial charge in [-0.1, -0.05) is 0 Å². The van der Waals surface area contributed by atoms with Crippen molar-refractivity contribution >= 4 is 11.5 Å². The van der Waals surface area contributed by atoms with E-state index in [-0.39, 0.29) is 0 Å². The maximum atomic E-state index is 8.64. The molecule has 92 valence electrons. The Morgan fingerprint density at radius 2 is 2.17 bits per heavy atom. The summed E-state index contributed by atoms with van der Waals surface area (Å²) in [5.74, 6) is 1.96. The fourth-order valence-electron chi connectivity index (χ4n) is 1.48. The summed E-state index contributed by atoms with van der Waals surface area (Å²) in [5, 5.41) is 11.8. The van der Waals surface area contributed by atoms with E-state index in [0.717, 1.165) is 17.3 Å². The van der Waals surface area contributed by atoms with Crippen LogP contribution in [0.15, 0.2) is 34.9 Å². The number of pyridine rings is 1. The molecule has 0 unspecified atom stereocenters. The highest BCUT2D eigenvalue weighted by Gasteiger charge is 2.01. The van der Waals surface area contributed by atoms with E-state index >= 15 is 0 Å². The van der Waals surface area contributed by atoms with Crippen LogP contribution < -0.4 is 10.2 Å². The summed E-state index contributed by atoms with van der Waals surface area (Å²) in [4.78, 5) is 6.23. The van der Waals surface area contributed by atoms with Gasteiger partial charge in [-0.15, -0.1) is 0 Å². The van der Waals surface area contributed by atoms with Crippen LogP contribution >= 0.6 is 0 Å². The molecule has 1 N–H and O–H groups in total. The van der Waals surface area contributed by atoms with Gasteiger partial charge in [-0.05, 0) is 24.3 Å². The summed E-state index contributed by atoms with van der Waals surface area (Å²) in [5.41, 5.74) is 0.913. The molecule has 0 spiro atoms. The summed E-state index contributed by atoms with van der Waals surface area (Å²) < 4.78 is 5.26. The molecule has 2 aromatic heterocycles. The first-order valence-electron chi connectivity index (χ1n) is 5.55. The Labute approximate surface area is 106 Å². The quantitative estimate of drug-likeness (QED) is 0.890. The first-order chi connectivity index (χ1) is 8.69. The number of rotatable bonds is 4. The van der Waals surface area contributed by atoms with Gasteiger partial charge < -0.3 is 14.6 Å². The van der Waals surface area contributed by atoms with E-state index < -0.39 is 0 Å². The number of nitrogens with one attached hydrogen (secondary N) is 1. The molecule has 0 atom stereocenters. The first kappa shape index (κ1) is 12.0. The van der Waals surface area contributed by atoms with Crippen LogP contribution in [0.25, 0.3) is 0 Å². The number of hydrogen-bond acceptors (Lipinski definition) is 5. The zero-order valence-corrected chi connectivity index (χ0v) is 10.3. The van der Waals surface area contributed by atoms with Crippen molar-refractivity contribution in [2.75, 3.05) is 24.3 Å². The van der Waals surface area contributed by atoms with Crippen LogP contribution in [0.4, 0.5) is 11.5 Å². The third-order valence-electron chi connectivity index (χ3n) is 2.44. The minimum absolute atomic E-state index is 0.327. The number of hydrogen-bond donors (Lipinski definition) is 1. The molecule has 2 heterocycles. The predicted molar refractivity (Wildman–Crippen MR) is 69.3 cm³/mol. The van der Waals surface area contributed by atoms with Gasteiger partial charge in [0.15, 0.2) is 0 Å². The molecule has 18 heavy (non-hydrogen) atoms. The van der Waals surface area contributed by atoms with Crippen molar-refractivity contribution in [2.45, 2.75) is 6.54 Å². The number of aromatic nitrogens is 1. The van der Waals surface area contributed by atoms with E-state index in [1.165, 1.54) is 0 Å². The number of nitrogens with zero attached hydrogens (tertiary/aromatic N) is 3. The third-order valence-corrected chi connectivity index (χ3v) is 2.44. The SMILES string of the molecule is CN(C)c1ccc(NCc2ccc(C#N)o2)cn1. The predicted octanol–water partition coefficient (Wildman–Crippen LogP) is 2.22. The zero-order valence-electron chi connectivity index (χ0n) is 10.3. The molecule has 0 saturated carbocycles. The molecule has 0 radical (unpaired) electrons. The summed E-state index contributed by atoms with van der Waals surface area (Å²) >= 11 is 0. The molecule has 2 aromatic rings. The second-order valence-corrected chi connectivity index (χ2v) is 4.03. The Bertz CT molecular complexity index is 551. The highest BCUT2D eigenvalue weighted by atomic mass is 16.3. The Kier molecular flexibility index (Phi) is 3.49. The van der Waals surface area contributed by atoms with Crippen molar-refractivity contribution < 1.29 is 4.42 Å². The van der Waals surface area contributed by atoms with Gasteiger partial charge in [-0.2, -0.15) is 5.26 Å². The topological polar surface area (TPSA) is 65.1 Å². The highest BCUT2D eigenvalue weighted by molar-refractivity contribution is 5.47. The van der Waals surface area contributed by atoms with Gasteiger partial charge in [0.1, 0.15) is 17.6 Å². The van der Waals surface area contributed by atoms with Gasteiger partial charge in [0.05, 0.1) is 18.4 Å². The molecule has 0 aliphatic carbocycles. The molecule has 0 saturated heterocycles. The molecule has 0 fully saturated rings. The lowest BCUT2D eigenvalue weighted by Gasteiger charge is -2.11. The minimum Gasteiger partial charge on any atom is -0.449 e. The van der Waals surface area contributed by atoms with Crippen LogP contribution in [0.1, 0.15) is 11.5 Å². The smallest absolute Gasteiger partial charge is 0.203 e. The molecule has 0 aliphatic rings. The molecular formula is C13H14N4O. The standard InChI is InChI=1S/C13H14N4O/c1-17(2)13-6-3-10(8-16-13)15-9-12-5-4-11(7-14)18-12/h3-6,8,15H,9H2,1-2H3. The van der Waals surface area contributed by atoms with E-state index in [0.29, 0.717) is 12.3 Å². The highest BCUT2D eigenvalue weighted by Crippen LogP contribution is 2.13. The molecule has 0 aromatic carbocycles. The zero-order chi connectivity index (χ0) is 13.0. The van der Waals surface area contributed by atoms with Crippen LogP contribution in [0.5, 0.6) is 0 Å². The Morgan fingerprint density at radius 3 is 2.72 bits per heavy atom. The molecule has 0 aliphatic heterocycles. The largest absolute Gasteiger partial charge is 0.449 e. The van der Waals surface area contributed by atoms with E-state index in [4.69, 9.17) is 9.68 Å². The molecule has 0 bridgehead atoms. The average Bonchev–Trinajstić information content (AvgIpc) is 2.85. The molecule has 0 amide bonds. The molecule has 5 nitrogen and oxygen atoms in total. The summed E-state index contributed by atoms with van der Waals surface area (Å²) in [6.45, 7) is 0.532. The minimum atomic E-state index is 0.327. The Balaban J connectivity index is 1.96. The van der Waals surface area contributed by atoms with Gasteiger partial charge in [-0.25, -0.2) is 4.98 Å². The number of furan rings is 1. The number of anilines is 2. The van der Waals surface area contributed by atoms with E-state index in [1.54, 1.807) is 18.3 Å². The van der Waals surface area contributed by atoms with Gasteiger partial charge in [0.2, 0.25) is 5.76 Å². The van der Waals surface area contributed by atoms with Gasteiger partial charge in [-0.3, -0.25) is 0 Å². The van der Waals surface area contributed by atoms with Crippen LogP contribution in [0, 0.1) is 11.3 Å². The Morgan fingerprint density at radius 1 is 1.33 bits per heavy atom. The van der Waals surface area contributed by atoms with Crippen molar-refractivity contribution in [3.63, 3.8) is 0 Å². The van der Waals surface area contributed by atoms with Crippen molar-refractivity contribution in [3.05, 3.63) is 42.0 Å². The third kappa shape index (κ3) is 2.80. The van der Waals surface area contributed by atoms with Crippen molar-refractivity contribution in [3.8, 4) is 6.07 Å². The van der Waals surface area contributed by atoms with E-state index in [1.807, 2.05) is 37.2 Å². The van der Waals surface area contributed by atoms with E-state index in [2.05, 4.69) is 10.3 Å². The van der Waals surface area contributed by atoms with E-state index in [9.17, 15) is 0 Å². The maximum absolute atomic E-state index is 8.64. The van der Waals surface area contributed by atoms with Gasteiger partial charge >= 0.3 is 0 Å². The maximum Gasteiger partial charge on any atom is 0.203 e. The lowest BCUT2D eigenvalue weighted by Crippen LogP contribution is -2.10. The van der Waals surface area contributed by atoms with Crippen LogP contribution in [0.3, 0.4) is 0 Å². The second kappa shape index (κ2) is 5.23. The summed E-state index contributed by atoms with van der Waals surface area (Å²) in [6.07, 6.45) is 1.77. The monoisotopic (exact) mass is 242 g/mol. The van der Waals surface area contributed by atoms with Crippen molar-refractivity contribution in [1.82, 2.24) is 4.98 Å². The molecule has 5 heteroatoms. The fourth-order valence-corrected chi connectivity index (χ4v) is 1.48. The lowest BCUT2D eigenvalue weighted by molar-refractivity contribution is 0.506. The first-order valence-corrected chi connectivity index (χ1v) is 5.55. The lowest BCUT2D eigenvalue weighted by atomic mass is 10.3. The van der Waals surface area contributed by atoms with Gasteiger partial charge in [0.25, 0.3) is 0 Å². The normalized spacial score (nSPS) is 9.83. The van der Waals surface area contributed by atoms with Crippen molar-refractivity contribution in [2.24, 2.45) is 0 Å². The average molecular weight is 242 g/mol. The van der Waals surface area contributed by atoms with Crippen LogP contribution in [0.2, 0.25) is 0 Å². The number of nitriles is 1. The molecular weight excluding hydrogens is 228 g/mol.